The molecule has 0 amide bonds. The third-order valence-electron chi connectivity index (χ3n) is 3.56. The van der Waals surface area contributed by atoms with Gasteiger partial charge in [-0.3, -0.25) is 0 Å². The summed E-state index contributed by atoms with van der Waals surface area (Å²) in [6.45, 7) is 4.73. The summed E-state index contributed by atoms with van der Waals surface area (Å²) in [5.74, 6) is 0. The molecule has 1 aromatic rings. The maximum atomic E-state index is 4.50. The van der Waals surface area contributed by atoms with Crippen molar-refractivity contribution in [3.63, 3.8) is 0 Å². The molecule has 1 saturated carbocycles. The maximum Gasteiger partial charge on any atom is 0.113 e. The van der Waals surface area contributed by atoms with Crippen molar-refractivity contribution >= 4 is 11.3 Å². The monoisotopic (exact) mass is 224 g/mol. The molecule has 1 atom stereocenters. The lowest BCUT2D eigenvalue weighted by molar-refractivity contribution is 0.125. The molecule has 84 valence electrons. The molecule has 1 aliphatic rings. The fourth-order valence-corrected chi connectivity index (χ4v) is 3.70. The summed E-state index contributed by atoms with van der Waals surface area (Å²) in [5, 5.41) is 6.86. The Kier molecular flexibility index (Phi) is 2.86. The van der Waals surface area contributed by atoms with Crippen molar-refractivity contribution in [2.75, 3.05) is 7.05 Å². The van der Waals surface area contributed by atoms with Gasteiger partial charge in [-0.15, -0.1) is 11.3 Å². The van der Waals surface area contributed by atoms with Gasteiger partial charge in [0.15, 0.2) is 0 Å². The summed E-state index contributed by atoms with van der Waals surface area (Å²) in [6, 6.07) is 0. The van der Waals surface area contributed by atoms with Crippen molar-refractivity contribution in [3.05, 3.63) is 16.6 Å². The molecule has 0 aromatic carbocycles. The van der Waals surface area contributed by atoms with Gasteiger partial charge in [0.25, 0.3) is 0 Å². The van der Waals surface area contributed by atoms with Gasteiger partial charge < -0.3 is 5.32 Å². The Balaban J connectivity index is 2.29. The van der Waals surface area contributed by atoms with Crippen LogP contribution in [-0.2, 0) is 5.54 Å². The second-order valence-corrected chi connectivity index (χ2v) is 6.26. The van der Waals surface area contributed by atoms with Crippen molar-refractivity contribution < 1.29 is 0 Å². The molecule has 0 aliphatic heterocycles. The summed E-state index contributed by atoms with van der Waals surface area (Å²) < 4.78 is 0. The predicted molar refractivity (Wildman–Crippen MR) is 65.1 cm³/mol. The third-order valence-corrected chi connectivity index (χ3v) is 4.53. The molecule has 1 N–H and O–H groups in total. The molecule has 0 radical (unpaired) electrons. The molecular formula is C12H20N2S. The second kappa shape index (κ2) is 3.87. The average Bonchev–Trinajstić information content (AvgIpc) is 2.69. The molecule has 1 fully saturated rings. The lowest BCUT2D eigenvalue weighted by Crippen LogP contribution is -2.46. The van der Waals surface area contributed by atoms with Crippen LogP contribution in [0.15, 0.2) is 11.6 Å². The first-order valence-electron chi connectivity index (χ1n) is 5.67. The number of hydrogen-bond donors (Lipinski definition) is 1. The zero-order valence-electron chi connectivity index (χ0n) is 9.84. The molecule has 0 bridgehead atoms. The van der Waals surface area contributed by atoms with Gasteiger partial charge in [-0.05, 0) is 31.7 Å². The molecule has 15 heavy (non-hydrogen) atoms. The maximum absolute atomic E-state index is 4.50. The third kappa shape index (κ3) is 2.08. The number of aromatic nitrogens is 1. The van der Waals surface area contributed by atoms with E-state index in [-0.39, 0.29) is 5.54 Å². The van der Waals surface area contributed by atoms with Crippen LogP contribution in [0.1, 0.15) is 44.5 Å². The van der Waals surface area contributed by atoms with E-state index in [4.69, 9.17) is 0 Å². The molecule has 1 unspecified atom stereocenters. The van der Waals surface area contributed by atoms with Crippen molar-refractivity contribution in [1.82, 2.24) is 10.3 Å². The van der Waals surface area contributed by atoms with E-state index in [1.54, 1.807) is 11.3 Å². The Hall–Kier alpha value is -0.410. The van der Waals surface area contributed by atoms with Crippen LogP contribution in [-0.4, -0.2) is 12.0 Å². The molecule has 1 aromatic heterocycles. The normalized spacial score (nSPS) is 30.3. The fraction of sp³-hybridized carbons (Fsp3) is 0.750. The number of rotatable bonds is 2. The molecule has 1 aliphatic carbocycles. The first kappa shape index (κ1) is 11.1. The Morgan fingerprint density at radius 3 is 2.73 bits per heavy atom. The van der Waals surface area contributed by atoms with Crippen LogP contribution in [0.5, 0.6) is 0 Å². The zero-order chi connectivity index (χ0) is 10.9. The van der Waals surface area contributed by atoms with Crippen LogP contribution in [0, 0.1) is 5.41 Å². The van der Waals surface area contributed by atoms with Crippen molar-refractivity contribution in [3.8, 4) is 0 Å². The smallest absolute Gasteiger partial charge is 0.113 e. The van der Waals surface area contributed by atoms with Gasteiger partial charge in [0, 0.05) is 11.6 Å². The summed E-state index contributed by atoms with van der Waals surface area (Å²) >= 11 is 1.78. The van der Waals surface area contributed by atoms with Crippen molar-refractivity contribution in [1.29, 1.82) is 0 Å². The minimum atomic E-state index is 0.135. The zero-order valence-corrected chi connectivity index (χ0v) is 10.7. The Morgan fingerprint density at radius 1 is 1.40 bits per heavy atom. The molecule has 3 heteroatoms. The Morgan fingerprint density at radius 2 is 2.20 bits per heavy atom. The first-order chi connectivity index (χ1) is 7.08. The van der Waals surface area contributed by atoms with E-state index in [1.165, 1.54) is 30.7 Å². The van der Waals surface area contributed by atoms with Crippen LogP contribution < -0.4 is 5.32 Å². The van der Waals surface area contributed by atoms with Crippen molar-refractivity contribution in [2.45, 2.75) is 45.1 Å². The minimum Gasteiger partial charge on any atom is -0.308 e. The first-order valence-corrected chi connectivity index (χ1v) is 6.55. The molecule has 1 heterocycles. The summed E-state index contributed by atoms with van der Waals surface area (Å²) in [6.07, 6.45) is 6.97. The van der Waals surface area contributed by atoms with E-state index in [0.717, 1.165) is 0 Å². The van der Waals surface area contributed by atoms with Gasteiger partial charge in [0.1, 0.15) is 5.01 Å². The van der Waals surface area contributed by atoms with Gasteiger partial charge >= 0.3 is 0 Å². The van der Waals surface area contributed by atoms with Crippen LogP contribution in [0.3, 0.4) is 0 Å². The van der Waals surface area contributed by atoms with Crippen LogP contribution >= 0.6 is 11.3 Å². The van der Waals surface area contributed by atoms with E-state index in [2.05, 4.69) is 36.6 Å². The van der Waals surface area contributed by atoms with Gasteiger partial charge in [0.05, 0.1) is 5.54 Å². The Bertz CT molecular complexity index is 318. The van der Waals surface area contributed by atoms with Crippen LogP contribution in [0.2, 0.25) is 0 Å². The van der Waals surface area contributed by atoms with E-state index in [0.29, 0.717) is 5.41 Å². The topological polar surface area (TPSA) is 24.9 Å². The molecule has 2 nitrogen and oxygen atoms in total. The van der Waals surface area contributed by atoms with E-state index in [9.17, 15) is 0 Å². The fourth-order valence-electron chi connectivity index (χ4n) is 2.83. The highest BCUT2D eigenvalue weighted by atomic mass is 32.1. The lowest BCUT2D eigenvalue weighted by Gasteiger charge is -2.43. The molecular weight excluding hydrogens is 204 g/mol. The molecule has 2 rings (SSSR count). The molecule has 0 saturated heterocycles. The number of nitrogens with one attached hydrogen (secondary N) is 1. The number of hydrogen-bond acceptors (Lipinski definition) is 3. The predicted octanol–water partition coefficient (Wildman–Crippen LogP) is 3.16. The summed E-state index contributed by atoms with van der Waals surface area (Å²) in [7, 11) is 2.07. The average molecular weight is 224 g/mol. The van der Waals surface area contributed by atoms with Gasteiger partial charge in [-0.25, -0.2) is 4.98 Å². The largest absolute Gasteiger partial charge is 0.308 e. The minimum absolute atomic E-state index is 0.135. The standard InChI is InChI=1S/C12H20N2S/c1-11(2)5-4-6-12(9-11,13-3)10-14-7-8-15-10/h7-8,13H,4-6,9H2,1-3H3. The van der Waals surface area contributed by atoms with Crippen LogP contribution in [0.4, 0.5) is 0 Å². The summed E-state index contributed by atoms with van der Waals surface area (Å²) in [4.78, 5) is 4.50. The number of nitrogens with zero attached hydrogens (tertiary/aromatic N) is 1. The van der Waals surface area contributed by atoms with Gasteiger partial charge in [0.2, 0.25) is 0 Å². The highest BCUT2D eigenvalue weighted by molar-refractivity contribution is 7.09. The molecule has 0 spiro atoms. The SMILES string of the molecule is CNC1(c2nccs2)CCCC(C)(C)C1. The quantitative estimate of drug-likeness (QED) is 0.834. The van der Waals surface area contributed by atoms with E-state index >= 15 is 0 Å². The van der Waals surface area contributed by atoms with E-state index < -0.39 is 0 Å². The highest BCUT2D eigenvalue weighted by Gasteiger charge is 2.41. The van der Waals surface area contributed by atoms with Gasteiger partial charge in [-0.1, -0.05) is 20.3 Å². The van der Waals surface area contributed by atoms with Crippen molar-refractivity contribution in [2.24, 2.45) is 5.41 Å². The highest BCUT2D eigenvalue weighted by Crippen LogP contribution is 2.46. The second-order valence-electron chi connectivity index (χ2n) is 5.36. The van der Waals surface area contributed by atoms with Gasteiger partial charge in [-0.2, -0.15) is 0 Å². The number of thiazole rings is 1. The Labute approximate surface area is 96.1 Å². The summed E-state index contributed by atoms with van der Waals surface area (Å²) in [5.41, 5.74) is 0.572. The van der Waals surface area contributed by atoms with Crippen LogP contribution in [0.25, 0.3) is 0 Å². The van der Waals surface area contributed by atoms with E-state index in [1.807, 2.05) is 6.20 Å². The lowest BCUT2D eigenvalue weighted by atomic mass is 9.68.